The zero-order valence-electron chi connectivity index (χ0n) is 8.15. The molecule has 0 amide bonds. The molecule has 2 rings (SSSR count). The number of rotatable bonds is 3. The maximum absolute atomic E-state index is 12.8. The lowest BCUT2D eigenvalue weighted by Crippen LogP contribution is -2.30. The largest absolute Gasteiger partial charge is 0.326 e. The van der Waals surface area contributed by atoms with E-state index >= 15 is 0 Å². The molecule has 1 saturated carbocycles. The minimum absolute atomic E-state index is 0.0213. The van der Waals surface area contributed by atoms with Crippen molar-refractivity contribution in [2.24, 2.45) is 5.73 Å². The Kier molecular flexibility index (Phi) is 3.04. The smallest absolute Gasteiger partial charge is 0.241 e. The van der Waals surface area contributed by atoms with Crippen LogP contribution in [-0.2, 0) is 10.0 Å². The first-order valence-electron chi connectivity index (χ1n) is 4.63. The first-order valence-corrected chi connectivity index (χ1v) is 6.91. The minimum Gasteiger partial charge on any atom is -0.326 e. The standard InChI is InChI=1S/C9H10BrFN2O2S/c10-6-3-5(11)1-2-9(6)16(14,15)13-8-4-7(8)12/h1-3,7-8,13H,4,12H2. The summed E-state index contributed by atoms with van der Waals surface area (Å²) in [6.45, 7) is 0. The summed E-state index contributed by atoms with van der Waals surface area (Å²) in [6, 6.07) is 3.11. The second-order valence-electron chi connectivity index (χ2n) is 3.70. The van der Waals surface area contributed by atoms with Gasteiger partial charge in [0.25, 0.3) is 0 Å². The van der Waals surface area contributed by atoms with E-state index in [1.807, 2.05) is 0 Å². The summed E-state index contributed by atoms with van der Waals surface area (Å²) in [7, 11) is -3.62. The molecule has 0 heterocycles. The average molecular weight is 309 g/mol. The van der Waals surface area contributed by atoms with Crippen molar-refractivity contribution < 1.29 is 12.8 Å². The zero-order chi connectivity index (χ0) is 11.9. The number of nitrogens with one attached hydrogen (secondary N) is 1. The Bertz CT molecular complexity index is 520. The molecule has 0 bridgehead atoms. The van der Waals surface area contributed by atoms with Crippen molar-refractivity contribution in [2.75, 3.05) is 0 Å². The molecule has 7 heteroatoms. The zero-order valence-corrected chi connectivity index (χ0v) is 10.6. The van der Waals surface area contributed by atoms with Gasteiger partial charge in [-0.05, 0) is 40.5 Å². The summed E-state index contributed by atoms with van der Waals surface area (Å²) in [5, 5.41) is 0. The summed E-state index contributed by atoms with van der Waals surface area (Å²) in [5.41, 5.74) is 5.52. The molecule has 2 atom stereocenters. The van der Waals surface area contributed by atoms with E-state index < -0.39 is 15.8 Å². The summed E-state index contributed by atoms with van der Waals surface area (Å²) in [5.74, 6) is -0.492. The van der Waals surface area contributed by atoms with E-state index in [1.54, 1.807) is 0 Å². The van der Waals surface area contributed by atoms with Gasteiger partial charge in [0.15, 0.2) is 0 Å². The van der Waals surface area contributed by atoms with E-state index in [-0.39, 0.29) is 21.5 Å². The van der Waals surface area contributed by atoms with E-state index in [9.17, 15) is 12.8 Å². The first-order chi connectivity index (χ1) is 7.40. The third kappa shape index (κ3) is 2.42. The third-order valence-electron chi connectivity index (χ3n) is 2.33. The Morgan fingerprint density at radius 1 is 1.50 bits per heavy atom. The second-order valence-corrected chi connectivity index (χ2v) is 6.24. The lowest BCUT2D eigenvalue weighted by atomic mass is 10.3. The van der Waals surface area contributed by atoms with Crippen LogP contribution in [0.4, 0.5) is 4.39 Å². The molecule has 0 spiro atoms. The van der Waals surface area contributed by atoms with Gasteiger partial charge in [-0.1, -0.05) is 0 Å². The van der Waals surface area contributed by atoms with Gasteiger partial charge in [-0.25, -0.2) is 17.5 Å². The number of benzene rings is 1. The van der Waals surface area contributed by atoms with Crippen LogP contribution in [0.2, 0.25) is 0 Å². The van der Waals surface area contributed by atoms with Crippen molar-refractivity contribution in [3.05, 3.63) is 28.5 Å². The average Bonchev–Trinajstić information content (AvgIpc) is 2.79. The Morgan fingerprint density at radius 2 is 2.12 bits per heavy atom. The predicted molar refractivity (Wildman–Crippen MR) is 60.8 cm³/mol. The van der Waals surface area contributed by atoms with Gasteiger partial charge in [-0.3, -0.25) is 0 Å². The second kappa shape index (κ2) is 4.06. The predicted octanol–water partition coefficient (Wildman–Crippen LogP) is 0.966. The molecule has 0 aliphatic heterocycles. The molecule has 2 unspecified atom stereocenters. The molecule has 1 aliphatic carbocycles. The molecule has 1 aliphatic rings. The SMILES string of the molecule is NC1CC1NS(=O)(=O)c1ccc(F)cc1Br. The number of hydrogen-bond donors (Lipinski definition) is 2. The molecule has 1 fully saturated rings. The molecule has 4 nitrogen and oxygen atoms in total. The molecular formula is C9H10BrFN2O2S. The van der Waals surface area contributed by atoms with Gasteiger partial charge in [0, 0.05) is 16.6 Å². The third-order valence-corrected chi connectivity index (χ3v) is 4.80. The van der Waals surface area contributed by atoms with E-state index in [4.69, 9.17) is 5.73 Å². The monoisotopic (exact) mass is 308 g/mol. The highest BCUT2D eigenvalue weighted by atomic mass is 79.9. The van der Waals surface area contributed by atoms with Crippen molar-refractivity contribution in [1.29, 1.82) is 0 Å². The van der Waals surface area contributed by atoms with Crippen LogP contribution in [-0.4, -0.2) is 20.5 Å². The van der Waals surface area contributed by atoms with Gasteiger partial charge in [0.2, 0.25) is 10.0 Å². The lowest BCUT2D eigenvalue weighted by Gasteiger charge is -2.07. The van der Waals surface area contributed by atoms with Crippen LogP contribution in [0.25, 0.3) is 0 Å². The Labute approximate surface area is 101 Å². The molecule has 0 radical (unpaired) electrons. The maximum Gasteiger partial charge on any atom is 0.241 e. The van der Waals surface area contributed by atoms with Crippen LogP contribution in [0.3, 0.4) is 0 Å². The van der Waals surface area contributed by atoms with Crippen molar-refractivity contribution in [3.63, 3.8) is 0 Å². The summed E-state index contributed by atoms with van der Waals surface area (Å²) in [4.78, 5) is 0.0213. The minimum atomic E-state index is -3.62. The molecule has 3 N–H and O–H groups in total. The normalized spacial score (nSPS) is 24.4. The van der Waals surface area contributed by atoms with Gasteiger partial charge >= 0.3 is 0 Å². The molecule has 1 aromatic rings. The van der Waals surface area contributed by atoms with Crippen molar-refractivity contribution >= 4 is 26.0 Å². The van der Waals surface area contributed by atoms with Crippen LogP contribution < -0.4 is 10.5 Å². The maximum atomic E-state index is 12.8. The van der Waals surface area contributed by atoms with Gasteiger partial charge < -0.3 is 5.73 Å². The molecule has 16 heavy (non-hydrogen) atoms. The Balaban J connectivity index is 2.28. The molecule has 0 saturated heterocycles. The Hall–Kier alpha value is -0.500. The van der Waals surface area contributed by atoms with Crippen LogP contribution in [0, 0.1) is 5.82 Å². The molecule has 88 valence electrons. The van der Waals surface area contributed by atoms with Crippen LogP contribution in [0.1, 0.15) is 6.42 Å². The Morgan fingerprint density at radius 3 is 2.62 bits per heavy atom. The van der Waals surface area contributed by atoms with E-state index in [0.29, 0.717) is 6.42 Å². The van der Waals surface area contributed by atoms with Crippen LogP contribution in [0.15, 0.2) is 27.6 Å². The van der Waals surface area contributed by atoms with Gasteiger partial charge in [-0.2, -0.15) is 0 Å². The molecule has 0 aromatic heterocycles. The summed E-state index contributed by atoms with van der Waals surface area (Å²) >= 11 is 3.02. The van der Waals surface area contributed by atoms with E-state index in [0.717, 1.165) is 12.1 Å². The fourth-order valence-corrected chi connectivity index (χ4v) is 3.66. The molecular weight excluding hydrogens is 299 g/mol. The highest BCUT2D eigenvalue weighted by Crippen LogP contribution is 2.26. The topological polar surface area (TPSA) is 72.2 Å². The highest BCUT2D eigenvalue weighted by Gasteiger charge is 2.37. The molecule has 1 aromatic carbocycles. The fraction of sp³-hybridized carbons (Fsp3) is 0.333. The van der Waals surface area contributed by atoms with Crippen LogP contribution in [0.5, 0.6) is 0 Å². The van der Waals surface area contributed by atoms with E-state index in [2.05, 4.69) is 20.7 Å². The van der Waals surface area contributed by atoms with Crippen LogP contribution >= 0.6 is 15.9 Å². The number of hydrogen-bond acceptors (Lipinski definition) is 3. The van der Waals surface area contributed by atoms with Gasteiger partial charge in [-0.15, -0.1) is 0 Å². The summed E-state index contributed by atoms with van der Waals surface area (Å²) < 4.78 is 39.1. The van der Waals surface area contributed by atoms with Crippen molar-refractivity contribution in [1.82, 2.24) is 4.72 Å². The van der Waals surface area contributed by atoms with E-state index in [1.165, 1.54) is 6.07 Å². The van der Waals surface area contributed by atoms with Gasteiger partial charge in [0.1, 0.15) is 5.82 Å². The van der Waals surface area contributed by atoms with Crippen molar-refractivity contribution in [3.8, 4) is 0 Å². The first kappa shape index (κ1) is 12.0. The van der Waals surface area contributed by atoms with Gasteiger partial charge in [0.05, 0.1) is 4.90 Å². The van der Waals surface area contributed by atoms with Crippen molar-refractivity contribution in [2.45, 2.75) is 23.4 Å². The highest BCUT2D eigenvalue weighted by molar-refractivity contribution is 9.10. The quantitative estimate of drug-likeness (QED) is 0.874. The fourth-order valence-electron chi connectivity index (χ4n) is 1.31. The lowest BCUT2D eigenvalue weighted by molar-refractivity contribution is 0.578. The number of nitrogens with two attached hydrogens (primary N) is 1. The number of sulfonamides is 1. The number of halogens is 2. The summed E-state index contributed by atoms with van der Waals surface area (Å²) in [6.07, 6.45) is 0.637.